The minimum atomic E-state index is -4.57. The van der Waals surface area contributed by atoms with Crippen molar-refractivity contribution in [2.45, 2.75) is 19.1 Å². The molecule has 0 saturated heterocycles. The minimum Gasteiger partial charge on any atom is -0.366 e. The molecule has 9 heteroatoms. The average Bonchev–Trinajstić information content (AvgIpc) is 2.57. The first-order valence-electron chi connectivity index (χ1n) is 8.07. The van der Waals surface area contributed by atoms with Gasteiger partial charge in [0.15, 0.2) is 5.69 Å². The normalized spacial score (nSPS) is 11.7. The molecule has 2 rings (SSSR count). The number of hydrogen-bond acceptors (Lipinski definition) is 5. The van der Waals surface area contributed by atoms with Gasteiger partial charge in [-0.05, 0) is 44.8 Å². The molecule has 0 aliphatic heterocycles. The van der Waals surface area contributed by atoms with Crippen LogP contribution in [0.3, 0.4) is 0 Å². The maximum absolute atomic E-state index is 13.1. The summed E-state index contributed by atoms with van der Waals surface area (Å²) in [4.78, 5) is 9.59. The zero-order valence-corrected chi connectivity index (χ0v) is 14.6. The molecule has 26 heavy (non-hydrogen) atoms. The standard InChI is InChI=1S/C17H21F4N5/c1-26(2)9-3-8-22-16-24-14(17(19,20)21)10-15(25-16)23-11-12-4-6-13(18)7-5-12/h4-7,10H,3,8-9,11H2,1-2H3,(H2,22,23,24,25). The summed E-state index contributed by atoms with van der Waals surface area (Å²) in [7, 11) is 3.83. The molecule has 1 aromatic heterocycles. The Hall–Kier alpha value is -2.42. The fourth-order valence-corrected chi connectivity index (χ4v) is 2.15. The van der Waals surface area contributed by atoms with Crippen molar-refractivity contribution in [3.05, 3.63) is 47.4 Å². The zero-order chi connectivity index (χ0) is 19.2. The van der Waals surface area contributed by atoms with Crippen LogP contribution in [0.2, 0.25) is 0 Å². The predicted octanol–water partition coefficient (Wildman–Crippen LogP) is 3.61. The second-order valence-electron chi connectivity index (χ2n) is 6.02. The fraction of sp³-hybridized carbons (Fsp3) is 0.412. The quantitative estimate of drug-likeness (QED) is 0.548. The van der Waals surface area contributed by atoms with Gasteiger partial charge in [-0.15, -0.1) is 0 Å². The van der Waals surface area contributed by atoms with E-state index in [1.807, 2.05) is 19.0 Å². The lowest BCUT2D eigenvalue weighted by atomic mass is 10.2. The summed E-state index contributed by atoms with van der Waals surface area (Å²) < 4.78 is 52.1. The van der Waals surface area contributed by atoms with Crippen LogP contribution in [0.1, 0.15) is 17.7 Å². The van der Waals surface area contributed by atoms with Crippen LogP contribution in [-0.2, 0) is 12.7 Å². The molecular formula is C17H21F4N5. The van der Waals surface area contributed by atoms with Crippen LogP contribution < -0.4 is 10.6 Å². The second-order valence-corrected chi connectivity index (χ2v) is 6.02. The molecule has 2 aromatic rings. The first kappa shape index (κ1) is 19.9. The predicted molar refractivity (Wildman–Crippen MR) is 92.4 cm³/mol. The van der Waals surface area contributed by atoms with Crippen molar-refractivity contribution in [3.63, 3.8) is 0 Å². The van der Waals surface area contributed by atoms with E-state index in [0.717, 1.165) is 24.6 Å². The van der Waals surface area contributed by atoms with Gasteiger partial charge in [0.05, 0.1) is 0 Å². The number of nitrogens with one attached hydrogen (secondary N) is 2. The van der Waals surface area contributed by atoms with E-state index in [2.05, 4.69) is 20.6 Å². The summed E-state index contributed by atoms with van der Waals surface area (Å²) in [6.07, 6.45) is -3.83. The van der Waals surface area contributed by atoms with Crippen LogP contribution in [0.25, 0.3) is 0 Å². The molecular weight excluding hydrogens is 350 g/mol. The Morgan fingerprint density at radius 2 is 1.73 bits per heavy atom. The molecule has 0 unspecified atom stereocenters. The maximum Gasteiger partial charge on any atom is 0.433 e. The lowest BCUT2D eigenvalue weighted by Gasteiger charge is -2.14. The number of aromatic nitrogens is 2. The summed E-state index contributed by atoms with van der Waals surface area (Å²) in [6, 6.07) is 6.53. The second kappa shape index (κ2) is 8.79. The largest absolute Gasteiger partial charge is 0.433 e. The van der Waals surface area contributed by atoms with Gasteiger partial charge in [-0.25, -0.2) is 9.37 Å². The molecule has 0 atom stereocenters. The Morgan fingerprint density at radius 1 is 1.04 bits per heavy atom. The molecule has 5 nitrogen and oxygen atoms in total. The molecule has 0 spiro atoms. The van der Waals surface area contributed by atoms with Crippen molar-refractivity contribution in [2.75, 3.05) is 37.8 Å². The number of anilines is 2. The number of nitrogens with zero attached hydrogens (tertiary/aromatic N) is 3. The molecule has 1 aromatic carbocycles. The van der Waals surface area contributed by atoms with E-state index in [1.165, 1.54) is 12.1 Å². The Morgan fingerprint density at radius 3 is 2.35 bits per heavy atom. The highest BCUT2D eigenvalue weighted by atomic mass is 19.4. The average molecular weight is 371 g/mol. The van der Waals surface area contributed by atoms with E-state index in [9.17, 15) is 17.6 Å². The van der Waals surface area contributed by atoms with Gasteiger partial charge >= 0.3 is 6.18 Å². The number of halogens is 4. The van der Waals surface area contributed by atoms with Crippen LogP contribution in [0.4, 0.5) is 29.3 Å². The number of rotatable bonds is 8. The number of hydrogen-bond donors (Lipinski definition) is 2. The first-order chi connectivity index (χ1) is 12.2. The summed E-state index contributed by atoms with van der Waals surface area (Å²) in [5, 5.41) is 5.64. The van der Waals surface area contributed by atoms with Crippen molar-refractivity contribution < 1.29 is 17.6 Å². The summed E-state index contributed by atoms with van der Waals surface area (Å²) in [6.45, 7) is 1.47. The molecule has 0 radical (unpaired) electrons. The number of alkyl halides is 3. The monoisotopic (exact) mass is 371 g/mol. The van der Waals surface area contributed by atoms with Crippen LogP contribution in [0, 0.1) is 5.82 Å². The van der Waals surface area contributed by atoms with E-state index >= 15 is 0 Å². The van der Waals surface area contributed by atoms with Crippen molar-refractivity contribution in [1.29, 1.82) is 0 Å². The van der Waals surface area contributed by atoms with Gasteiger partial charge in [0.1, 0.15) is 11.6 Å². The Bertz CT molecular complexity index is 701. The smallest absolute Gasteiger partial charge is 0.366 e. The molecule has 0 saturated carbocycles. The Kier molecular flexibility index (Phi) is 6.73. The van der Waals surface area contributed by atoms with Crippen LogP contribution >= 0.6 is 0 Å². The van der Waals surface area contributed by atoms with Crippen molar-refractivity contribution in [2.24, 2.45) is 0 Å². The highest BCUT2D eigenvalue weighted by molar-refractivity contribution is 5.43. The fourth-order valence-electron chi connectivity index (χ4n) is 2.15. The van der Waals surface area contributed by atoms with Crippen LogP contribution in [-0.4, -0.2) is 42.1 Å². The third-order valence-electron chi connectivity index (χ3n) is 3.47. The molecule has 1 heterocycles. The Labute approximate surface area is 149 Å². The van der Waals surface area contributed by atoms with Gasteiger partial charge in [-0.1, -0.05) is 12.1 Å². The van der Waals surface area contributed by atoms with E-state index in [-0.39, 0.29) is 24.1 Å². The third kappa shape index (κ3) is 6.47. The molecule has 0 bridgehead atoms. The van der Waals surface area contributed by atoms with Crippen molar-refractivity contribution >= 4 is 11.8 Å². The third-order valence-corrected chi connectivity index (χ3v) is 3.47. The van der Waals surface area contributed by atoms with E-state index in [0.29, 0.717) is 6.54 Å². The Balaban J connectivity index is 2.08. The molecule has 2 N–H and O–H groups in total. The zero-order valence-electron chi connectivity index (χ0n) is 14.6. The topological polar surface area (TPSA) is 53.1 Å². The summed E-state index contributed by atoms with van der Waals surface area (Å²) >= 11 is 0. The highest BCUT2D eigenvalue weighted by Gasteiger charge is 2.33. The molecule has 0 amide bonds. The van der Waals surface area contributed by atoms with Gasteiger partial charge in [0.2, 0.25) is 5.95 Å². The van der Waals surface area contributed by atoms with Gasteiger partial charge < -0.3 is 15.5 Å². The van der Waals surface area contributed by atoms with Crippen LogP contribution in [0.5, 0.6) is 0 Å². The van der Waals surface area contributed by atoms with Gasteiger partial charge in [0.25, 0.3) is 0 Å². The highest BCUT2D eigenvalue weighted by Crippen LogP contribution is 2.29. The van der Waals surface area contributed by atoms with Gasteiger partial charge in [-0.2, -0.15) is 18.2 Å². The van der Waals surface area contributed by atoms with Crippen molar-refractivity contribution in [1.82, 2.24) is 14.9 Å². The summed E-state index contributed by atoms with van der Waals surface area (Å²) in [5.41, 5.74) is -0.303. The first-order valence-corrected chi connectivity index (χ1v) is 8.07. The van der Waals surface area contributed by atoms with E-state index < -0.39 is 11.9 Å². The molecule has 0 aliphatic rings. The van der Waals surface area contributed by atoms with Crippen molar-refractivity contribution in [3.8, 4) is 0 Å². The summed E-state index contributed by atoms with van der Waals surface area (Å²) in [5.74, 6) is -0.411. The lowest BCUT2D eigenvalue weighted by molar-refractivity contribution is -0.141. The molecule has 0 fully saturated rings. The lowest BCUT2D eigenvalue weighted by Crippen LogP contribution is -2.18. The SMILES string of the molecule is CN(C)CCCNc1nc(NCc2ccc(F)cc2)cc(C(F)(F)F)n1. The van der Waals surface area contributed by atoms with Gasteiger partial charge in [0, 0.05) is 19.2 Å². The van der Waals surface area contributed by atoms with Crippen LogP contribution in [0.15, 0.2) is 30.3 Å². The van der Waals surface area contributed by atoms with E-state index in [1.54, 1.807) is 12.1 Å². The minimum absolute atomic E-state index is 0.0479. The molecule has 0 aliphatic carbocycles. The number of benzene rings is 1. The van der Waals surface area contributed by atoms with Gasteiger partial charge in [-0.3, -0.25) is 0 Å². The maximum atomic E-state index is 13.1. The van der Waals surface area contributed by atoms with E-state index in [4.69, 9.17) is 0 Å². The molecule has 142 valence electrons.